The molecule has 1 aromatic carbocycles. The fourth-order valence-electron chi connectivity index (χ4n) is 3.32. The molecule has 1 aliphatic rings. The van der Waals surface area contributed by atoms with Crippen molar-refractivity contribution in [3.63, 3.8) is 0 Å². The fourth-order valence-corrected chi connectivity index (χ4v) is 3.32. The molecule has 2 heteroatoms. The van der Waals surface area contributed by atoms with Crippen molar-refractivity contribution in [3.05, 3.63) is 35.4 Å². The van der Waals surface area contributed by atoms with Crippen molar-refractivity contribution < 1.29 is 5.11 Å². The second-order valence-corrected chi connectivity index (χ2v) is 5.53. The van der Waals surface area contributed by atoms with Crippen LogP contribution in [0.25, 0.3) is 0 Å². The average Bonchev–Trinajstić information content (AvgIpc) is 2.44. The van der Waals surface area contributed by atoms with E-state index in [-0.39, 0.29) is 11.5 Å². The monoisotopic (exact) mass is 247 g/mol. The van der Waals surface area contributed by atoms with E-state index in [0.29, 0.717) is 6.54 Å². The maximum absolute atomic E-state index is 10.6. The minimum absolute atomic E-state index is 0.204. The van der Waals surface area contributed by atoms with Gasteiger partial charge in [-0.1, -0.05) is 44.0 Å². The standard InChI is InChI=1S/C16H25NO/c1-2-3-10-15(18)16(12-17)11-6-8-13-7-4-5-9-14(13)16/h4-5,7,9,15,18H,2-3,6,8,10-12,17H2,1H3. The van der Waals surface area contributed by atoms with Crippen molar-refractivity contribution >= 4 is 0 Å². The van der Waals surface area contributed by atoms with E-state index < -0.39 is 0 Å². The molecule has 1 aliphatic carbocycles. The quantitative estimate of drug-likeness (QED) is 0.840. The third-order valence-electron chi connectivity index (χ3n) is 4.46. The van der Waals surface area contributed by atoms with E-state index in [4.69, 9.17) is 5.73 Å². The summed E-state index contributed by atoms with van der Waals surface area (Å²) in [5.41, 5.74) is 8.53. The van der Waals surface area contributed by atoms with Gasteiger partial charge in [0.2, 0.25) is 0 Å². The highest BCUT2D eigenvalue weighted by Gasteiger charge is 2.40. The lowest BCUT2D eigenvalue weighted by molar-refractivity contribution is 0.0628. The van der Waals surface area contributed by atoms with Crippen LogP contribution in [0.15, 0.2) is 24.3 Å². The highest BCUT2D eigenvalue weighted by atomic mass is 16.3. The van der Waals surface area contributed by atoms with Crippen molar-refractivity contribution in [2.24, 2.45) is 5.73 Å². The van der Waals surface area contributed by atoms with Crippen LogP contribution >= 0.6 is 0 Å². The van der Waals surface area contributed by atoms with Crippen LogP contribution in [0.3, 0.4) is 0 Å². The molecule has 0 aromatic heterocycles. The first-order valence-corrected chi connectivity index (χ1v) is 7.21. The number of hydrogen-bond donors (Lipinski definition) is 2. The summed E-state index contributed by atoms with van der Waals surface area (Å²) in [4.78, 5) is 0. The van der Waals surface area contributed by atoms with Crippen LogP contribution < -0.4 is 5.73 Å². The Balaban J connectivity index is 2.32. The van der Waals surface area contributed by atoms with Gasteiger partial charge in [-0.15, -0.1) is 0 Å². The number of aliphatic hydroxyl groups excluding tert-OH is 1. The number of rotatable bonds is 5. The molecule has 0 fully saturated rings. The van der Waals surface area contributed by atoms with Crippen molar-refractivity contribution in [3.8, 4) is 0 Å². The van der Waals surface area contributed by atoms with Gasteiger partial charge in [-0.05, 0) is 36.8 Å². The summed E-state index contributed by atoms with van der Waals surface area (Å²) >= 11 is 0. The Bertz CT molecular complexity index is 390. The fraction of sp³-hybridized carbons (Fsp3) is 0.625. The topological polar surface area (TPSA) is 46.2 Å². The van der Waals surface area contributed by atoms with Crippen LogP contribution in [0, 0.1) is 0 Å². The summed E-state index contributed by atoms with van der Waals surface area (Å²) in [7, 11) is 0. The zero-order valence-electron chi connectivity index (χ0n) is 11.4. The second kappa shape index (κ2) is 5.85. The van der Waals surface area contributed by atoms with E-state index in [2.05, 4.69) is 31.2 Å². The highest BCUT2D eigenvalue weighted by Crippen LogP contribution is 2.40. The lowest BCUT2D eigenvalue weighted by Gasteiger charge is -2.42. The predicted octanol–water partition coefficient (Wildman–Crippen LogP) is 2.77. The molecule has 0 radical (unpaired) electrons. The van der Waals surface area contributed by atoms with Crippen LogP contribution in [0.1, 0.15) is 50.2 Å². The van der Waals surface area contributed by atoms with E-state index in [1.165, 1.54) is 11.1 Å². The van der Waals surface area contributed by atoms with Gasteiger partial charge in [0.15, 0.2) is 0 Å². The number of hydrogen-bond acceptors (Lipinski definition) is 2. The smallest absolute Gasteiger partial charge is 0.0649 e. The second-order valence-electron chi connectivity index (χ2n) is 5.53. The lowest BCUT2D eigenvalue weighted by atomic mass is 9.65. The number of fused-ring (bicyclic) bond motifs is 1. The number of aryl methyl sites for hydroxylation is 1. The largest absolute Gasteiger partial charge is 0.392 e. The molecular weight excluding hydrogens is 222 g/mol. The normalized spacial score (nSPS) is 24.6. The first-order chi connectivity index (χ1) is 8.74. The Labute approximate surface area is 110 Å². The molecule has 0 amide bonds. The zero-order valence-corrected chi connectivity index (χ0v) is 11.4. The molecule has 100 valence electrons. The molecule has 0 saturated heterocycles. The zero-order chi connectivity index (χ0) is 13.0. The van der Waals surface area contributed by atoms with Crippen molar-refractivity contribution in [1.82, 2.24) is 0 Å². The Hall–Kier alpha value is -0.860. The van der Waals surface area contributed by atoms with E-state index in [9.17, 15) is 5.11 Å². The van der Waals surface area contributed by atoms with Crippen molar-refractivity contribution in [2.75, 3.05) is 6.54 Å². The summed E-state index contributed by atoms with van der Waals surface area (Å²) in [6, 6.07) is 8.51. The van der Waals surface area contributed by atoms with Gasteiger partial charge in [-0.2, -0.15) is 0 Å². The molecule has 2 nitrogen and oxygen atoms in total. The molecule has 0 aliphatic heterocycles. The van der Waals surface area contributed by atoms with E-state index in [1.807, 2.05) is 0 Å². The SMILES string of the molecule is CCCCC(O)C1(CN)CCCc2ccccc21. The van der Waals surface area contributed by atoms with Gasteiger partial charge in [-0.3, -0.25) is 0 Å². The van der Waals surface area contributed by atoms with Crippen molar-refractivity contribution in [2.45, 2.75) is 57.0 Å². The average molecular weight is 247 g/mol. The van der Waals surface area contributed by atoms with Crippen molar-refractivity contribution in [1.29, 1.82) is 0 Å². The molecule has 0 spiro atoms. The highest BCUT2D eigenvalue weighted by molar-refractivity contribution is 5.38. The molecule has 3 N–H and O–H groups in total. The first kappa shape index (κ1) is 13.6. The van der Waals surface area contributed by atoms with E-state index >= 15 is 0 Å². The van der Waals surface area contributed by atoms with Gasteiger partial charge in [0.1, 0.15) is 0 Å². The number of nitrogens with two attached hydrogens (primary N) is 1. The van der Waals surface area contributed by atoms with E-state index in [0.717, 1.165) is 38.5 Å². The predicted molar refractivity (Wildman–Crippen MR) is 75.6 cm³/mol. The number of aliphatic hydroxyl groups is 1. The molecule has 1 aromatic rings. The molecule has 0 heterocycles. The molecule has 18 heavy (non-hydrogen) atoms. The van der Waals surface area contributed by atoms with Crippen LogP contribution in [-0.4, -0.2) is 17.8 Å². The maximum Gasteiger partial charge on any atom is 0.0649 e. The van der Waals surface area contributed by atoms with Gasteiger partial charge < -0.3 is 10.8 Å². The Morgan fingerprint density at radius 1 is 1.39 bits per heavy atom. The summed E-state index contributed by atoms with van der Waals surface area (Å²) in [5, 5.41) is 10.6. The van der Waals surface area contributed by atoms with Crippen LogP contribution in [0.5, 0.6) is 0 Å². The minimum Gasteiger partial charge on any atom is -0.392 e. The van der Waals surface area contributed by atoms with Crippen LogP contribution in [-0.2, 0) is 11.8 Å². The maximum atomic E-state index is 10.6. The number of unbranched alkanes of at least 4 members (excludes halogenated alkanes) is 1. The summed E-state index contributed by atoms with van der Waals surface area (Å²) in [5.74, 6) is 0. The van der Waals surface area contributed by atoms with E-state index in [1.54, 1.807) is 0 Å². The van der Waals surface area contributed by atoms with Crippen LogP contribution in [0.2, 0.25) is 0 Å². The molecule has 0 saturated carbocycles. The van der Waals surface area contributed by atoms with Gasteiger partial charge in [-0.25, -0.2) is 0 Å². The summed E-state index contributed by atoms with van der Waals surface area (Å²) in [6.07, 6.45) is 6.04. The first-order valence-electron chi connectivity index (χ1n) is 7.21. The minimum atomic E-state index is -0.302. The van der Waals surface area contributed by atoms with Gasteiger partial charge in [0.05, 0.1) is 6.10 Å². The molecular formula is C16H25NO. The van der Waals surface area contributed by atoms with Crippen LogP contribution in [0.4, 0.5) is 0 Å². The molecule has 2 unspecified atom stereocenters. The Morgan fingerprint density at radius 3 is 2.89 bits per heavy atom. The third kappa shape index (κ3) is 2.32. The van der Waals surface area contributed by atoms with Gasteiger partial charge in [0.25, 0.3) is 0 Å². The Kier molecular flexibility index (Phi) is 4.41. The molecule has 0 bridgehead atoms. The molecule has 2 rings (SSSR count). The van der Waals surface area contributed by atoms with Gasteiger partial charge in [0, 0.05) is 12.0 Å². The number of benzene rings is 1. The molecule has 2 atom stereocenters. The summed E-state index contributed by atoms with van der Waals surface area (Å²) < 4.78 is 0. The summed E-state index contributed by atoms with van der Waals surface area (Å²) in [6.45, 7) is 2.71. The lowest BCUT2D eigenvalue weighted by Crippen LogP contribution is -2.48. The Morgan fingerprint density at radius 2 is 2.17 bits per heavy atom. The third-order valence-corrected chi connectivity index (χ3v) is 4.46. The van der Waals surface area contributed by atoms with Gasteiger partial charge >= 0.3 is 0 Å².